The van der Waals surface area contributed by atoms with Crippen LogP contribution in [-0.4, -0.2) is 37.6 Å². The predicted octanol–water partition coefficient (Wildman–Crippen LogP) is 3.77. The number of carbonyl (C=O) groups is 1. The molecule has 1 aliphatic rings. The highest BCUT2D eigenvalue weighted by molar-refractivity contribution is 5.78. The van der Waals surface area contributed by atoms with Crippen LogP contribution in [0.1, 0.15) is 57.6 Å². The van der Waals surface area contributed by atoms with Crippen molar-refractivity contribution in [2.45, 2.75) is 52.0 Å². The monoisotopic (exact) mass is 332 g/mol. The number of piperidine rings is 1. The van der Waals surface area contributed by atoms with Gasteiger partial charge in [0, 0.05) is 12.5 Å². The molecule has 0 aromatic heterocycles. The Bertz CT molecular complexity index is 495. The van der Waals surface area contributed by atoms with Crippen LogP contribution in [-0.2, 0) is 4.79 Å². The van der Waals surface area contributed by atoms with Crippen LogP contribution in [0.2, 0.25) is 0 Å². The standard InChI is InChI=1S/C20H32N2O2/c1-4-8-16(2)20(23)21-15-19(22-13-6-5-7-14-22)17-9-11-18(24-3)12-10-17/h9-12,16,19H,4-8,13-15H2,1-3H3,(H,21,23). The third-order valence-corrected chi connectivity index (χ3v) is 4.97. The van der Waals surface area contributed by atoms with Gasteiger partial charge < -0.3 is 10.1 Å². The van der Waals surface area contributed by atoms with Crippen LogP contribution in [0.15, 0.2) is 24.3 Å². The van der Waals surface area contributed by atoms with E-state index in [-0.39, 0.29) is 17.9 Å². The minimum atomic E-state index is 0.0906. The lowest BCUT2D eigenvalue weighted by Crippen LogP contribution is -2.41. The second-order valence-corrected chi connectivity index (χ2v) is 6.82. The van der Waals surface area contributed by atoms with Gasteiger partial charge in [-0.25, -0.2) is 0 Å². The number of rotatable bonds is 8. The summed E-state index contributed by atoms with van der Waals surface area (Å²) >= 11 is 0. The van der Waals surface area contributed by atoms with Gasteiger partial charge in [-0.1, -0.05) is 38.8 Å². The quantitative estimate of drug-likeness (QED) is 0.788. The smallest absolute Gasteiger partial charge is 0.222 e. The first-order chi connectivity index (χ1) is 11.7. The van der Waals surface area contributed by atoms with E-state index in [1.807, 2.05) is 19.1 Å². The molecule has 0 bridgehead atoms. The van der Waals surface area contributed by atoms with Crippen LogP contribution >= 0.6 is 0 Å². The van der Waals surface area contributed by atoms with Crippen molar-refractivity contribution in [3.63, 3.8) is 0 Å². The van der Waals surface area contributed by atoms with Crippen LogP contribution in [0.3, 0.4) is 0 Å². The highest BCUT2D eigenvalue weighted by Gasteiger charge is 2.23. The maximum Gasteiger partial charge on any atom is 0.222 e. The van der Waals surface area contributed by atoms with E-state index < -0.39 is 0 Å². The summed E-state index contributed by atoms with van der Waals surface area (Å²) in [6.45, 7) is 7.03. The van der Waals surface area contributed by atoms with Crippen molar-refractivity contribution in [1.29, 1.82) is 0 Å². The zero-order valence-corrected chi connectivity index (χ0v) is 15.4. The fourth-order valence-electron chi connectivity index (χ4n) is 3.45. The van der Waals surface area contributed by atoms with Crippen LogP contribution < -0.4 is 10.1 Å². The molecule has 1 N–H and O–H groups in total. The minimum absolute atomic E-state index is 0.0906. The molecular formula is C20H32N2O2. The van der Waals surface area contributed by atoms with Gasteiger partial charge in [-0.05, 0) is 50.0 Å². The summed E-state index contributed by atoms with van der Waals surface area (Å²) in [6, 6.07) is 8.51. The van der Waals surface area contributed by atoms with Gasteiger partial charge in [0.15, 0.2) is 0 Å². The lowest BCUT2D eigenvalue weighted by atomic mass is 10.0. The first kappa shape index (κ1) is 18.8. The van der Waals surface area contributed by atoms with E-state index in [4.69, 9.17) is 4.74 Å². The summed E-state index contributed by atoms with van der Waals surface area (Å²) < 4.78 is 5.27. The molecule has 4 nitrogen and oxygen atoms in total. The van der Waals surface area contributed by atoms with E-state index in [1.54, 1.807) is 7.11 Å². The van der Waals surface area contributed by atoms with Crippen molar-refractivity contribution in [1.82, 2.24) is 10.2 Å². The molecule has 0 aliphatic carbocycles. The van der Waals surface area contributed by atoms with Crippen LogP contribution in [0.5, 0.6) is 5.75 Å². The molecule has 1 saturated heterocycles. The molecule has 1 aromatic rings. The number of likely N-dealkylation sites (tertiary alicyclic amines) is 1. The van der Waals surface area contributed by atoms with Crippen molar-refractivity contribution in [2.75, 3.05) is 26.7 Å². The summed E-state index contributed by atoms with van der Waals surface area (Å²) in [5.41, 5.74) is 1.25. The molecule has 24 heavy (non-hydrogen) atoms. The molecule has 134 valence electrons. The summed E-state index contributed by atoms with van der Waals surface area (Å²) in [7, 11) is 1.69. The molecule has 1 aliphatic heterocycles. The Balaban J connectivity index is 2.05. The number of methoxy groups -OCH3 is 1. The first-order valence-electron chi connectivity index (χ1n) is 9.31. The van der Waals surface area contributed by atoms with Crippen molar-refractivity contribution < 1.29 is 9.53 Å². The zero-order chi connectivity index (χ0) is 17.4. The number of hydrogen-bond acceptors (Lipinski definition) is 3. The Morgan fingerprint density at radius 1 is 1.21 bits per heavy atom. The van der Waals surface area contributed by atoms with Gasteiger partial charge in [0.1, 0.15) is 5.75 Å². The maximum atomic E-state index is 12.3. The predicted molar refractivity (Wildman–Crippen MR) is 98.2 cm³/mol. The number of nitrogens with zero attached hydrogens (tertiary/aromatic N) is 1. The molecule has 1 amide bonds. The summed E-state index contributed by atoms with van der Waals surface area (Å²) in [5.74, 6) is 1.14. The fourth-order valence-corrected chi connectivity index (χ4v) is 3.45. The lowest BCUT2D eigenvalue weighted by Gasteiger charge is -2.35. The van der Waals surface area contributed by atoms with Crippen LogP contribution in [0.25, 0.3) is 0 Å². The SMILES string of the molecule is CCCC(C)C(=O)NCC(c1ccc(OC)cc1)N1CCCCC1. The molecule has 1 heterocycles. The molecule has 0 saturated carbocycles. The number of benzene rings is 1. The molecular weight excluding hydrogens is 300 g/mol. The summed E-state index contributed by atoms with van der Waals surface area (Å²) in [5, 5.41) is 3.18. The van der Waals surface area contributed by atoms with E-state index >= 15 is 0 Å². The Morgan fingerprint density at radius 2 is 1.88 bits per heavy atom. The van der Waals surface area contributed by atoms with Crippen molar-refractivity contribution in [3.05, 3.63) is 29.8 Å². The van der Waals surface area contributed by atoms with E-state index in [0.29, 0.717) is 6.54 Å². The molecule has 2 unspecified atom stereocenters. The topological polar surface area (TPSA) is 41.6 Å². The number of carbonyl (C=O) groups excluding carboxylic acids is 1. The van der Waals surface area contributed by atoms with Crippen molar-refractivity contribution in [3.8, 4) is 5.75 Å². The van der Waals surface area contributed by atoms with E-state index in [0.717, 1.165) is 31.7 Å². The van der Waals surface area contributed by atoms with Gasteiger partial charge in [-0.2, -0.15) is 0 Å². The molecule has 2 rings (SSSR count). The lowest BCUT2D eigenvalue weighted by molar-refractivity contribution is -0.125. The Hall–Kier alpha value is -1.55. The van der Waals surface area contributed by atoms with E-state index in [9.17, 15) is 4.79 Å². The zero-order valence-electron chi connectivity index (χ0n) is 15.4. The second-order valence-electron chi connectivity index (χ2n) is 6.82. The molecule has 1 aromatic carbocycles. The average Bonchev–Trinajstić information content (AvgIpc) is 2.63. The average molecular weight is 332 g/mol. The van der Waals surface area contributed by atoms with Crippen LogP contribution in [0.4, 0.5) is 0 Å². The molecule has 0 radical (unpaired) electrons. The number of hydrogen-bond donors (Lipinski definition) is 1. The second kappa shape index (κ2) is 9.67. The third kappa shape index (κ3) is 5.23. The van der Waals surface area contributed by atoms with Gasteiger partial charge >= 0.3 is 0 Å². The Labute approximate surface area is 146 Å². The van der Waals surface area contributed by atoms with Crippen LogP contribution in [0, 0.1) is 5.92 Å². The fraction of sp³-hybridized carbons (Fsp3) is 0.650. The van der Waals surface area contributed by atoms with Gasteiger partial charge in [0.25, 0.3) is 0 Å². The summed E-state index contributed by atoms with van der Waals surface area (Å²) in [4.78, 5) is 14.8. The minimum Gasteiger partial charge on any atom is -0.497 e. The van der Waals surface area contributed by atoms with Gasteiger partial charge in [-0.15, -0.1) is 0 Å². The van der Waals surface area contributed by atoms with E-state index in [1.165, 1.54) is 24.8 Å². The van der Waals surface area contributed by atoms with E-state index in [2.05, 4.69) is 29.3 Å². The third-order valence-electron chi connectivity index (χ3n) is 4.97. The Morgan fingerprint density at radius 3 is 2.46 bits per heavy atom. The maximum absolute atomic E-state index is 12.3. The molecule has 1 fully saturated rings. The Kier molecular flexibility index (Phi) is 7.57. The highest BCUT2D eigenvalue weighted by atomic mass is 16.5. The first-order valence-corrected chi connectivity index (χ1v) is 9.31. The largest absolute Gasteiger partial charge is 0.497 e. The highest BCUT2D eigenvalue weighted by Crippen LogP contribution is 2.26. The number of ether oxygens (including phenoxy) is 1. The number of nitrogens with one attached hydrogen (secondary N) is 1. The van der Waals surface area contributed by atoms with Crippen molar-refractivity contribution >= 4 is 5.91 Å². The van der Waals surface area contributed by atoms with Gasteiger partial charge in [0.2, 0.25) is 5.91 Å². The summed E-state index contributed by atoms with van der Waals surface area (Å²) in [6.07, 6.45) is 5.79. The van der Waals surface area contributed by atoms with Gasteiger partial charge in [-0.3, -0.25) is 9.69 Å². The number of amides is 1. The molecule has 2 atom stereocenters. The van der Waals surface area contributed by atoms with Crippen molar-refractivity contribution in [2.24, 2.45) is 5.92 Å². The molecule has 4 heteroatoms. The van der Waals surface area contributed by atoms with Gasteiger partial charge in [0.05, 0.1) is 13.2 Å². The normalized spacial score (nSPS) is 18.0. The molecule has 0 spiro atoms.